The minimum Gasteiger partial charge on any atom is -0.477 e. The van der Waals surface area contributed by atoms with E-state index in [1.54, 1.807) is 6.08 Å². The van der Waals surface area contributed by atoms with Crippen LogP contribution in [0.3, 0.4) is 0 Å². The molecule has 3 fully saturated rings. The first-order chi connectivity index (χ1) is 39.4. The van der Waals surface area contributed by atoms with Crippen LogP contribution in [-0.2, 0) is 42.8 Å². The highest BCUT2D eigenvalue weighted by Crippen LogP contribution is 2.38. The van der Waals surface area contributed by atoms with Crippen molar-refractivity contribution in [2.24, 2.45) is 0 Å². The summed E-state index contributed by atoms with van der Waals surface area (Å²) < 4.78 is 34.6. The van der Waals surface area contributed by atoms with Crippen molar-refractivity contribution in [1.29, 1.82) is 0 Å². The lowest BCUT2D eigenvalue weighted by Gasteiger charge is -2.50. The van der Waals surface area contributed by atoms with E-state index in [0.29, 0.717) is 12.8 Å². The molecule has 0 aliphatic carbocycles. The Labute approximate surface area is 485 Å². The second-order valence-corrected chi connectivity index (χ2v) is 22.6. The van der Waals surface area contributed by atoms with E-state index in [4.69, 9.17) is 28.4 Å². The number of carbonyl (C=O) groups excluding carboxylic acids is 2. The number of hydrogen-bond donors (Lipinski definition) is 14. The Bertz CT molecular complexity index is 1780. The van der Waals surface area contributed by atoms with Gasteiger partial charge in [0.25, 0.3) is 5.79 Å². The first-order valence-corrected chi connectivity index (χ1v) is 30.7. The number of aliphatic hydroxyl groups excluding tert-OH is 11. The van der Waals surface area contributed by atoms with Crippen LogP contribution in [0.1, 0.15) is 194 Å². The highest BCUT2D eigenvalue weighted by Gasteiger charge is 2.60. The minimum absolute atomic E-state index is 0.195. The number of aliphatic hydroxyl groups is 11. The van der Waals surface area contributed by atoms with E-state index in [0.717, 1.165) is 90.4 Å². The third-order valence-corrected chi connectivity index (χ3v) is 15.6. The van der Waals surface area contributed by atoms with Crippen molar-refractivity contribution in [3.8, 4) is 0 Å². The first kappa shape index (κ1) is 73.5. The van der Waals surface area contributed by atoms with E-state index in [-0.39, 0.29) is 12.3 Å². The molecule has 478 valence electrons. The van der Waals surface area contributed by atoms with Gasteiger partial charge in [0.15, 0.2) is 12.6 Å². The highest BCUT2D eigenvalue weighted by atomic mass is 16.8. The molecule has 82 heavy (non-hydrogen) atoms. The number of allylic oxidation sites excluding steroid dienone is 3. The third kappa shape index (κ3) is 25.3. The fraction of sp³-hybridized carbons (Fsp3) is 0.881. The Balaban J connectivity index is 1.63. The van der Waals surface area contributed by atoms with Crippen LogP contribution < -0.4 is 10.6 Å². The number of aliphatic carboxylic acids is 1. The van der Waals surface area contributed by atoms with Crippen molar-refractivity contribution < 1.29 is 104 Å². The van der Waals surface area contributed by atoms with Crippen molar-refractivity contribution in [1.82, 2.24) is 10.6 Å². The lowest BCUT2D eigenvalue weighted by molar-refractivity contribution is -0.386. The maximum Gasteiger partial charge on any atom is 0.364 e. The Morgan fingerprint density at radius 2 is 1.15 bits per heavy atom. The molecule has 0 aromatic heterocycles. The number of unbranched alkanes of at least 4 members (excludes halogenated alkanes) is 22. The van der Waals surface area contributed by atoms with Gasteiger partial charge >= 0.3 is 5.97 Å². The molecule has 3 heterocycles. The molecule has 2 amide bonds. The molecule has 23 nitrogen and oxygen atoms in total. The summed E-state index contributed by atoms with van der Waals surface area (Å²) in [5.74, 6) is -6.15. The van der Waals surface area contributed by atoms with Gasteiger partial charge in [-0.2, -0.15) is 0 Å². The molecular weight excluding hydrogens is 1070 g/mol. The van der Waals surface area contributed by atoms with Crippen LogP contribution in [0, 0.1) is 0 Å². The van der Waals surface area contributed by atoms with Gasteiger partial charge in [0, 0.05) is 19.8 Å². The molecular formula is C59H106N2O21. The second-order valence-electron chi connectivity index (χ2n) is 22.6. The monoisotopic (exact) mass is 1180 g/mol. The Morgan fingerprint density at radius 1 is 0.634 bits per heavy atom. The average molecular weight is 1180 g/mol. The summed E-state index contributed by atoms with van der Waals surface area (Å²) in [5, 5.41) is 135. The smallest absolute Gasteiger partial charge is 0.364 e. The normalized spacial score (nSPS) is 30.3. The van der Waals surface area contributed by atoms with Gasteiger partial charge < -0.3 is 100 Å². The molecule has 3 rings (SSSR count). The molecule has 0 spiro atoms. The van der Waals surface area contributed by atoms with Gasteiger partial charge in [0.05, 0.1) is 50.7 Å². The molecule has 3 aliphatic heterocycles. The van der Waals surface area contributed by atoms with Crippen LogP contribution in [0.2, 0.25) is 0 Å². The van der Waals surface area contributed by atoms with Gasteiger partial charge in [0.2, 0.25) is 11.8 Å². The van der Waals surface area contributed by atoms with Gasteiger partial charge in [-0.05, 0) is 44.9 Å². The molecule has 18 atom stereocenters. The molecule has 0 bridgehead atoms. The summed E-state index contributed by atoms with van der Waals surface area (Å²) in [7, 11) is 0. The van der Waals surface area contributed by atoms with Gasteiger partial charge in [-0.3, -0.25) is 9.59 Å². The van der Waals surface area contributed by atoms with Crippen LogP contribution in [0.15, 0.2) is 24.3 Å². The summed E-state index contributed by atoms with van der Waals surface area (Å²) >= 11 is 0. The molecule has 0 saturated carbocycles. The van der Waals surface area contributed by atoms with Gasteiger partial charge in [-0.1, -0.05) is 154 Å². The molecule has 0 radical (unpaired) electrons. The molecule has 14 N–H and O–H groups in total. The lowest BCUT2D eigenvalue weighted by atomic mass is 9.88. The van der Waals surface area contributed by atoms with Crippen molar-refractivity contribution in [3.05, 3.63) is 24.3 Å². The third-order valence-electron chi connectivity index (χ3n) is 15.6. The van der Waals surface area contributed by atoms with E-state index < -0.39 is 155 Å². The van der Waals surface area contributed by atoms with Gasteiger partial charge in [-0.25, -0.2) is 4.79 Å². The zero-order chi connectivity index (χ0) is 60.5. The number of rotatable bonds is 44. The summed E-state index contributed by atoms with van der Waals surface area (Å²) in [6.07, 6.45) is 6.97. The van der Waals surface area contributed by atoms with Crippen molar-refractivity contribution in [3.63, 3.8) is 0 Å². The Morgan fingerprint density at radius 3 is 1.66 bits per heavy atom. The quantitative estimate of drug-likeness (QED) is 0.0308. The summed E-state index contributed by atoms with van der Waals surface area (Å²) in [6, 6.07) is -2.62. The molecule has 3 saturated heterocycles. The zero-order valence-corrected chi connectivity index (χ0v) is 49.1. The predicted octanol–water partition coefficient (Wildman–Crippen LogP) is 2.94. The molecule has 0 aromatic rings. The van der Waals surface area contributed by atoms with Crippen LogP contribution in [0.4, 0.5) is 0 Å². The minimum atomic E-state index is -3.08. The standard InChI is InChI=1S/C59H106N2O21/c1-4-6-8-10-12-14-15-16-17-18-19-20-21-22-23-25-27-29-31-33-46(69)61-40(41(66)32-30-28-26-24-13-11-9-7-5-2)38-77-56-51(73)50(72)53(45(37-64)79-56)80-57-52(74)55(49(71)44(36-63)78-57)82-59(58(75)76)34-42(67)47(60-39(3)65)54(81-59)48(70)43(68)35-62/h18-19,30,32,40-45,47-57,62-64,66-68,70-74H,4-17,20-29,31,33-38H2,1-3H3,(H,60,65)(H,61,69)(H,75,76)/b19-18-,32-30+. The fourth-order valence-corrected chi connectivity index (χ4v) is 10.6. The number of amides is 2. The number of carboxylic acid groups (broad SMARTS) is 1. The number of ether oxygens (including phenoxy) is 6. The number of hydrogen-bond acceptors (Lipinski definition) is 20. The zero-order valence-electron chi connectivity index (χ0n) is 49.1. The molecule has 18 unspecified atom stereocenters. The number of nitrogens with one attached hydrogen (secondary N) is 2. The van der Waals surface area contributed by atoms with Crippen LogP contribution >= 0.6 is 0 Å². The molecule has 23 heteroatoms. The second kappa shape index (κ2) is 41.3. The van der Waals surface area contributed by atoms with E-state index in [1.165, 1.54) is 64.2 Å². The van der Waals surface area contributed by atoms with Crippen molar-refractivity contribution in [2.45, 2.75) is 304 Å². The largest absolute Gasteiger partial charge is 0.477 e. The Kier molecular flexibility index (Phi) is 37.0. The maximum absolute atomic E-state index is 13.3. The van der Waals surface area contributed by atoms with E-state index in [9.17, 15) is 75.7 Å². The van der Waals surface area contributed by atoms with Crippen molar-refractivity contribution >= 4 is 17.8 Å². The number of carbonyl (C=O) groups is 3. The number of carboxylic acids is 1. The molecule has 0 aromatic carbocycles. The van der Waals surface area contributed by atoms with Crippen LogP contribution in [-0.4, -0.2) is 215 Å². The maximum atomic E-state index is 13.3. The fourth-order valence-electron chi connectivity index (χ4n) is 10.6. The highest BCUT2D eigenvalue weighted by molar-refractivity contribution is 5.77. The van der Waals surface area contributed by atoms with Crippen LogP contribution in [0.25, 0.3) is 0 Å². The lowest BCUT2D eigenvalue weighted by Crippen LogP contribution is -2.70. The summed E-state index contributed by atoms with van der Waals surface area (Å²) in [4.78, 5) is 38.3. The van der Waals surface area contributed by atoms with Crippen LogP contribution in [0.5, 0.6) is 0 Å². The summed E-state index contributed by atoms with van der Waals surface area (Å²) in [6.45, 7) is 2.05. The topological polar surface area (TPSA) is 373 Å². The van der Waals surface area contributed by atoms with Crippen molar-refractivity contribution in [2.75, 3.05) is 26.4 Å². The Hall–Kier alpha value is -2.79. The van der Waals surface area contributed by atoms with Gasteiger partial charge in [-0.15, -0.1) is 0 Å². The summed E-state index contributed by atoms with van der Waals surface area (Å²) in [5.41, 5.74) is 0. The first-order valence-electron chi connectivity index (χ1n) is 30.7. The van der Waals surface area contributed by atoms with E-state index >= 15 is 0 Å². The van der Waals surface area contributed by atoms with E-state index in [1.807, 2.05) is 6.08 Å². The van der Waals surface area contributed by atoms with Gasteiger partial charge in [0.1, 0.15) is 67.1 Å². The molecule has 3 aliphatic rings. The SMILES string of the molecule is CCCCCCCCC/C=C/C(O)C(COC1OC(CO)C(OC2OC(CO)C(O)C(OC3(C(=O)O)CC(O)C(NC(C)=O)C(C(O)C(O)CO)O3)C2O)C(O)C1O)NC(=O)CCCCCCCCC/C=C\CCCCCCCCCC. The van der Waals surface area contributed by atoms with E-state index in [2.05, 4.69) is 36.6 Å². The predicted molar refractivity (Wildman–Crippen MR) is 301 cm³/mol. The average Bonchev–Trinajstić information content (AvgIpc) is 2.85.